The summed E-state index contributed by atoms with van der Waals surface area (Å²) in [5.74, 6) is 0.368. The van der Waals surface area contributed by atoms with Crippen molar-refractivity contribution < 1.29 is 9.53 Å². The summed E-state index contributed by atoms with van der Waals surface area (Å²) < 4.78 is 5.29. The third kappa shape index (κ3) is 3.20. The summed E-state index contributed by atoms with van der Waals surface area (Å²) in [6.07, 6.45) is 0.306. The molecule has 0 aliphatic heterocycles. The number of ether oxygens (including phenoxy) is 1. The number of esters is 1. The van der Waals surface area contributed by atoms with Gasteiger partial charge in [0.1, 0.15) is 5.75 Å². The molecular formula is C16H16O2. The van der Waals surface area contributed by atoms with E-state index in [1.54, 1.807) is 0 Å². The van der Waals surface area contributed by atoms with Crippen molar-refractivity contribution in [2.75, 3.05) is 0 Å². The fraction of sp³-hybridized carbons (Fsp3) is 0.188. The van der Waals surface area contributed by atoms with Crippen LogP contribution in [0.2, 0.25) is 0 Å². The van der Waals surface area contributed by atoms with Crippen LogP contribution in [-0.2, 0) is 11.2 Å². The van der Waals surface area contributed by atoms with E-state index in [0.717, 1.165) is 16.7 Å². The Hall–Kier alpha value is -2.09. The summed E-state index contributed by atoms with van der Waals surface area (Å²) >= 11 is 0. The Morgan fingerprint density at radius 2 is 1.67 bits per heavy atom. The normalized spacial score (nSPS) is 10.1. The van der Waals surface area contributed by atoms with E-state index in [1.807, 2.05) is 62.4 Å². The lowest BCUT2D eigenvalue weighted by molar-refractivity contribution is -0.133. The summed E-state index contributed by atoms with van der Waals surface area (Å²) in [4.78, 5) is 11.8. The van der Waals surface area contributed by atoms with Crippen molar-refractivity contribution in [3.8, 4) is 5.75 Å². The van der Waals surface area contributed by atoms with Crippen molar-refractivity contribution in [2.45, 2.75) is 20.3 Å². The van der Waals surface area contributed by atoms with Gasteiger partial charge >= 0.3 is 5.97 Å². The lowest BCUT2D eigenvalue weighted by Crippen LogP contribution is -2.11. The van der Waals surface area contributed by atoms with Crippen molar-refractivity contribution in [2.24, 2.45) is 0 Å². The van der Waals surface area contributed by atoms with Crippen LogP contribution in [0, 0.1) is 13.8 Å². The van der Waals surface area contributed by atoms with Crippen molar-refractivity contribution >= 4 is 5.97 Å². The van der Waals surface area contributed by atoms with Gasteiger partial charge in [-0.1, -0.05) is 42.0 Å². The van der Waals surface area contributed by atoms with Gasteiger partial charge in [0.15, 0.2) is 0 Å². The second kappa shape index (κ2) is 5.50. The number of aryl methyl sites for hydroxylation is 2. The Morgan fingerprint density at radius 1 is 1.00 bits per heavy atom. The largest absolute Gasteiger partial charge is 0.426 e. The summed E-state index contributed by atoms with van der Waals surface area (Å²) in [6.45, 7) is 3.99. The van der Waals surface area contributed by atoms with E-state index in [9.17, 15) is 4.79 Å². The molecule has 0 radical (unpaired) electrons. The summed E-state index contributed by atoms with van der Waals surface area (Å²) in [5.41, 5.74) is 3.27. The van der Waals surface area contributed by atoms with Gasteiger partial charge in [-0.2, -0.15) is 0 Å². The minimum absolute atomic E-state index is 0.229. The SMILES string of the molecule is Cc1ccc(OC(=O)Cc2ccccc2C)cc1. The van der Waals surface area contributed by atoms with E-state index in [-0.39, 0.29) is 5.97 Å². The van der Waals surface area contributed by atoms with E-state index < -0.39 is 0 Å². The van der Waals surface area contributed by atoms with E-state index in [4.69, 9.17) is 4.74 Å². The van der Waals surface area contributed by atoms with Gasteiger partial charge in [-0.15, -0.1) is 0 Å². The van der Waals surface area contributed by atoms with Crippen LogP contribution in [-0.4, -0.2) is 5.97 Å². The van der Waals surface area contributed by atoms with Crippen LogP contribution < -0.4 is 4.74 Å². The zero-order chi connectivity index (χ0) is 13.0. The van der Waals surface area contributed by atoms with E-state index >= 15 is 0 Å². The molecule has 0 amide bonds. The van der Waals surface area contributed by atoms with Gasteiger partial charge in [0.2, 0.25) is 0 Å². The quantitative estimate of drug-likeness (QED) is 0.606. The molecule has 2 aromatic rings. The molecule has 2 nitrogen and oxygen atoms in total. The highest BCUT2D eigenvalue weighted by Gasteiger charge is 2.07. The number of hydrogen-bond acceptors (Lipinski definition) is 2. The summed E-state index contributed by atoms with van der Waals surface area (Å²) in [6, 6.07) is 15.3. The average Bonchev–Trinajstić information content (AvgIpc) is 2.35. The van der Waals surface area contributed by atoms with Crippen LogP contribution in [0.3, 0.4) is 0 Å². The minimum Gasteiger partial charge on any atom is -0.426 e. The van der Waals surface area contributed by atoms with Crippen LogP contribution in [0.5, 0.6) is 5.75 Å². The molecule has 2 aromatic carbocycles. The molecule has 2 rings (SSSR count). The fourth-order valence-electron chi connectivity index (χ4n) is 1.74. The monoisotopic (exact) mass is 240 g/mol. The third-order valence-corrected chi connectivity index (χ3v) is 2.85. The first-order chi connectivity index (χ1) is 8.65. The molecule has 0 aliphatic rings. The third-order valence-electron chi connectivity index (χ3n) is 2.85. The number of carbonyl (C=O) groups excluding carboxylic acids is 1. The molecule has 0 bridgehead atoms. The smallest absolute Gasteiger partial charge is 0.315 e. The molecule has 0 spiro atoms. The zero-order valence-electron chi connectivity index (χ0n) is 10.6. The minimum atomic E-state index is -0.229. The van der Waals surface area contributed by atoms with Crippen LogP contribution in [0.1, 0.15) is 16.7 Å². The maximum Gasteiger partial charge on any atom is 0.315 e. The summed E-state index contributed by atoms with van der Waals surface area (Å²) in [7, 11) is 0. The maximum absolute atomic E-state index is 11.8. The number of rotatable bonds is 3. The van der Waals surface area contributed by atoms with Gasteiger partial charge in [-0.25, -0.2) is 0 Å². The molecule has 0 saturated carbocycles. The van der Waals surface area contributed by atoms with Crippen molar-refractivity contribution in [3.63, 3.8) is 0 Å². The number of hydrogen-bond donors (Lipinski definition) is 0. The highest BCUT2D eigenvalue weighted by molar-refractivity contribution is 5.75. The van der Waals surface area contributed by atoms with Gasteiger partial charge in [-0.3, -0.25) is 4.79 Å². The van der Waals surface area contributed by atoms with E-state index in [0.29, 0.717) is 12.2 Å². The first-order valence-corrected chi connectivity index (χ1v) is 5.97. The highest BCUT2D eigenvalue weighted by Crippen LogP contribution is 2.14. The number of benzene rings is 2. The standard InChI is InChI=1S/C16H16O2/c1-12-7-9-15(10-8-12)18-16(17)11-14-6-4-3-5-13(14)2/h3-10H,11H2,1-2H3. The molecule has 0 N–H and O–H groups in total. The maximum atomic E-state index is 11.8. The molecular weight excluding hydrogens is 224 g/mol. The molecule has 2 heteroatoms. The topological polar surface area (TPSA) is 26.3 Å². The van der Waals surface area contributed by atoms with Crippen LogP contribution in [0.25, 0.3) is 0 Å². The molecule has 0 aromatic heterocycles. The second-order valence-electron chi connectivity index (χ2n) is 4.39. The highest BCUT2D eigenvalue weighted by atomic mass is 16.5. The van der Waals surface area contributed by atoms with Crippen LogP contribution in [0.4, 0.5) is 0 Å². The first kappa shape index (κ1) is 12.4. The molecule has 0 atom stereocenters. The number of carbonyl (C=O) groups is 1. The van der Waals surface area contributed by atoms with Crippen molar-refractivity contribution in [3.05, 3.63) is 65.2 Å². The molecule has 0 heterocycles. The molecule has 0 unspecified atom stereocenters. The lowest BCUT2D eigenvalue weighted by atomic mass is 10.1. The summed E-state index contributed by atoms with van der Waals surface area (Å²) in [5, 5.41) is 0. The second-order valence-corrected chi connectivity index (χ2v) is 4.39. The Kier molecular flexibility index (Phi) is 3.78. The molecule has 92 valence electrons. The Bertz CT molecular complexity index is 541. The average molecular weight is 240 g/mol. The Morgan fingerprint density at radius 3 is 2.33 bits per heavy atom. The molecule has 18 heavy (non-hydrogen) atoms. The van der Waals surface area contributed by atoms with Crippen LogP contribution >= 0.6 is 0 Å². The zero-order valence-corrected chi connectivity index (χ0v) is 10.6. The van der Waals surface area contributed by atoms with Crippen molar-refractivity contribution in [1.82, 2.24) is 0 Å². The molecule has 0 aliphatic carbocycles. The fourth-order valence-corrected chi connectivity index (χ4v) is 1.74. The van der Waals surface area contributed by atoms with Gasteiger partial charge in [0, 0.05) is 0 Å². The van der Waals surface area contributed by atoms with Crippen LogP contribution in [0.15, 0.2) is 48.5 Å². The first-order valence-electron chi connectivity index (χ1n) is 5.97. The van der Waals surface area contributed by atoms with Crippen molar-refractivity contribution in [1.29, 1.82) is 0 Å². The molecule has 0 saturated heterocycles. The van der Waals surface area contributed by atoms with Gasteiger partial charge < -0.3 is 4.74 Å². The molecule has 0 fully saturated rings. The van der Waals surface area contributed by atoms with Gasteiger partial charge in [-0.05, 0) is 37.1 Å². The lowest BCUT2D eigenvalue weighted by Gasteiger charge is -2.06. The van der Waals surface area contributed by atoms with Gasteiger partial charge in [0.25, 0.3) is 0 Å². The Balaban J connectivity index is 2.01. The Labute approximate surface area is 107 Å². The van der Waals surface area contributed by atoms with E-state index in [2.05, 4.69) is 0 Å². The predicted molar refractivity (Wildman–Crippen MR) is 71.7 cm³/mol. The predicted octanol–water partition coefficient (Wildman–Crippen LogP) is 3.45. The van der Waals surface area contributed by atoms with Gasteiger partial charge in [0.05, 0.1) is 6.42 Å². The van der Waals surface area contributed by atoms with E-state index in [1.165, 1.54) is 0 Å².